The molecule has 0 unspecified atom stereocenters. The van der Waals surface area contributed by atoms with Gasteiger partial charge in [-0.1, -0.05) is 25.7 Å². The van der Waals surface area contributed by atoms with E-state index in [9.17, 15) is 0 Å². The van der Waals surface area contributed by atoms with Crippen LogP contribution in [-0.2, 0) is 0 Å². The Bertz CT molecular complexity index is 493. The summed E-state index contributed by atoms with van der Waals surface area (Å²) in [5, 5.41) is 4.90. The van der Waals surface area contributed by atoms with Gasteiger partial charge in [-0.2, -0.15) is 0 Å². The predicted octanol–water partition coefficient (Wildman–Crippen LogP) is 4.55. The summed E-state index contributed by atoms with van der Waals surface area (Å²) in [5.74, 6) is 0.870. The summed E-state index contributed by atoms with van der Waals surface area (Å²) in [6, 6.07) is 8.70. The van der Waals surface area contributed by atoms with E-state index in [1.165, 1.54) is 55.1 Å². The second-order valence-electron chi connectivity index (χ2n) is 5.52. The summed E-state index contributed by atoms with van der Waals surface area (Å²) in [4.78, 5) is 3.23. The Kier molecular flexibility index (Phi) is 3.54. The Morgan fingerprint density at radius 3 is 2.72 bits per heavy atom. The van der Waals surface area contributed by atoms with Gasteiger partial charge in [0.15, 0.2) is 0 Å². The molecule has 0 saturated heterocycles. The number of nitrogens with one attached hydrogen (secondary N) is 2. The normalized spacial score (nSPS) is 17.8. The monoisotopic (exact) mass is 242 g/mol. The molecule has 1 saturated carbocycles. The molecule has 3 rings (SSSR count). The first-order chi connectivity index (χ1) is 8.92. The van der Waals surface area contributed by atoms with Crippen molar-refractivity contribution in [3.8, 4) is 0 Å². The van der Waals surface area contributed by atoms with Crippen LogP contribution in [0.25, 0.3) is 10.9 Å². The molecule has 2 aromatic rings. The number of aromatic amines is 1. The third kappa shape index (κ3) is 2.69. The maximum atomic E-state index is 3.61. The Morgan fingerprint density at radius 1 is 1.06 bits per heavy atom. The molecule has 1 aliphatic rings. The van der Waals surface area contributed by atoms with Crippen LogP contribution in [0, 0.1) is 5.92 Å². The second kappa shape index (κ2) is 5.47. The fraction of sp³-hybridized carbons (Fsp3) is 0.500. The zero-order chi connectivity index (χ0) is 12.2. The van der Waals surface area contributed by atoms with Crippen LogP contribution in [0.4, 0.5) is 5.69 Å². The van der Waals surface area contributed by atoms with Gasteiger partial charge in [0, 0.05) is 29.3 Å². The largest absolute Gasteiger partial charge is 0.385 e. The Hall–Kier alpha value is -1.44. The third-order valence-electron chi connectivity index (χ3n) is 4.12. The van der Waals surface area contributed by atoms with Gasteiger partial charge in [0.25, 0.3) is 0 Å². The van der Waals surface area contributed by atoms with Gasteiger partial charge in [-0.3, -0.25) is 0 Å². The zero-order valence-electron chi connectivity index (χ0n) is 10.9. The van der Waals surface area contributed by atoms with Gasteiger partial charge in [-0.05, 0) is 43.0 Å². The molecule has 1 aromatic heterocycles. The first-order valence-electron chi connectivity index (χ1n) is 7.23. The van der Waals surface area contributed by atoms with Crippen LogP contribution in [0.1, 0.15) is 38.5 Å². The van der Waals surface area contributed by atoms with Gasteiger partial charge >= 0.3 is 0 Å². The molecule has 1 aliphatic carbocycles. The Morgan fingerprint density at radius 2 is 1.89 bits per heavy atom. The van der Waals surface area contributed by atoms with E-state index in [-0.39, 0.29) is 0 Å². The molecule has 2 nitrogen and oxygen atoms in total. The lowest BCUT2D eigenvalue weighted by molar-refractivity contribution is 0.483. The van der Waals surface area contributed by atoms with Crippen LogP contribution >= 0.6 is 0 Å². The number of aromatic nitrogens is 1. The Balaban J connectivity index is 1.61. The molecule has 1 heterocycles. The lowest BCUT2D eigenvalue weighted by Crippen LogP contribution is -2.13. The molecule has 0 spiro atoms. The van der Waals surface area contributed by atoms with Gasteiger partial charge in [0.2, 0.25) is 0 Å². The Labute approximate surface area is 109 Å². The quantitative estimate of drug-likeness (QED) is 0.759. The molecule has 0 amide bonds. The van der Waals surface area contributed by atoms with E-state index in [1.807, 2.05) is 6.20 Å². The number of rotatable bonds is 3. The van der Waals surface area contributed by atoms with Crippen LogP contribution in [0.3, 0.4) is 0 Å². The van der Waals surface area contributed by atoms with Crippen molar-refractivity contribution in [2.24, 2.45) is 5.92 Å². The molecule has 0 atom stereocenters. The molecule has 2 heteroatoms. The van der Waals surface area contributed by atoms with Crippen molar-refractivity contribution < 1.29 is 0 Å². The van der Waals surface area contributed by atoms with Gasteiger partial charge in [0.05, 0.1) is 0 Å². The van der Waals surface area contributed by atoms with Gasteiger partial charge < -0.3 is 10.3 Å². The molecule has 2 N–H and O–H groups in total. The highest BCUT2D eigenvalue weighted by molar-refractivity contribution is 5.82. The molecular formula is C16H22N2. The summed E-state index contributed by atoms with van der Waals surface area (Å²) in [6.07, 6.45) is 10.5. The van der Waals surface area contributed by atoms with Crippen LogP contribution in [-0.4, -0.2) is 11.5 Å². The first kappa shape index (κ1) is 11.6. The fourth-order valence-electron chi connectivity index (χ4n) is 2.99. The minimum atomic E-state index is 0.870. The lowest BCUT2D eigenvalue weighted by atomic mass is 10.0. The molecule has 1 aromatic carbocycles. The van der Waals surface area contributed by atoms with E-state index < -0.39 is 0 Å². The number of fused-ring (bicyclic) bond motifs is 1. The molecule has 96 valence electrons. The van der Waals surface area contributed by atoms with Crippen molar-refractivity contribution in [1.29, 1.82) is 0 Å². The van der Waals surface area contributed by atoms with Crippen molar-refractivity contribution in [2.75, 3.05) is 11.9 Å². The summed E-state index contributed by atoms with van der Waals surface area (Å²) < 4.78 is 0. The SMILES string of the molecule is c1cc2cc(NCC3CCCCCC3)ccc2[nH]1. The number of benzene rings is 1. The minimum absolute atomic E-state index is 0.870. The van der Waals surface area contributed by atoms with E-state index in [2.05, 4.69) is 34.6 Å². The van der Waals surface area contributed by atoms with E-state index >= 15 is 0 Å². The average Bonchev–Trinajstić information content (AvgIpc) is 2.70. The lowest BCUT2D eigenvalue weighted by Gasteiger charge is -2.15. The molecule has 0 radical (unpaired) electrons. The topological polar surface area (TPSA) is 27.8 Å². The second-order valence-corrected chi connectivity index (χ2v) is 5.52. The standard InChI is InChI=1S/C16H22N2/c1-2-4-6-13(5-3-1)12-18-15-7-8-16-14(11-15)9-10-17-16/h7-11,13,17-18H,1-6,12H2. The van der Waals surface area contributed by atoms with Crippen LogP contribution in [0.15, 0.2) is 30.5 Å². The maximum Gasteiger partial charge on any atom is 0.0455 e. The van der Waals surface area contributed by atoms with Crippen LogP contribution in [0.5, 0.6) is 0 Å². The van der Waals surface area contributed by atoms with Crippen molar-refractivity contribution in [3.63, 3.8) is 0 Å². The number of anilines is 1. The molecule has 0 bridgehead atoms. The summed E-state index contributed by atoms with van der Waals surface area (Å²) in [6.45, 7) is 1.13. The van der Waals surface area contributed by atoms with Crippen molar-refractivity contribution >= 4 is 16.6 Å². The highest BCUT2D eigenvalue weighted by atomic mass is 14.9. The summed E-state index contributed by atoms with van der Waals surface area (Å²) in [5.41, 5.74) is 2.47. The van der Waals surface area contributed by atoms with E-state index in [1.54, 1.807) is 0 Å². The highest BCUT2D eigenvalue weighted by Gasteiger charge is 2.11. The highest BCUT2D eigenvalue weighted by Crippen LogP contribution is 2.24. The van der Waals surface area contributed by atoms with E-state index in [0.29, 0.717) is 0 Å². The van der Waals surface area contributed by atoms with Gasteiger partial charge in [-0.25, -0.2) is 0 Å². The van der Waals surface area contributed by atoms with Crippen molar-refractivity contribution in [1.82, 2.24) is 4.98 Å². The number of H-pyrrole nitrogens is 1. The van der Waals surface area contributed by atoms with Crippen molar-refractivity contribution in [3.05, 3.63) is 30.5 Å². The van der Waals surface area contributed by atoms with Gasteiger partial charge in [-0.15, -0.1) is 0 Å². The van der Waals surface area contributed by atoms with Crippen molar-refractivity contribution in [2.45, 2.75) is 38.5 Å². The number of hydrogen-bond donors (Lipinski definition) is 2. The molecule has 18 heavy (non-hydrogen) atoms. The average molecular weight is 242 g/mol. The summed E-state index contributed by atoms with van der Waals surface area (Å²) in [7, 11) is 0. The fourth-order valence-corrected chi connectivity index (χ4v) is 2.99. The summed E-state index contributed by atoms with van der Waals surface area (Å²) >= 11 is 0. The zero-order valence-corrected chi connectivity index (χ0v) is 10.9. The third-order valence-corrected chi connectivity index (χ3v) is 4.12. The molecule has 1 fully saturated rings. The van der Waals surface area contributed by atoms with E-state index in [0.717, 1.165) is 12.5 Å². The van der Waals surface area contributed by atoms with Gasteiger partial charge in [0.1, 0.15) is 0 Å². The molecular weight excluding hydrogens is 220 g/mol. The molecule has 0 aliphatic heterocycles. The van der Waals surface area contributed by atoms with E-state index in [4.69, 9.17) is 0 Å². The van der Waals surface area contributed by atoms with Crippen LogP contribution in [0.2, 0.25) is 0 Å². The maximum absolute atomic E-state index is 3.61. The van der Waals surface area contributed by atoms with Crippen LogP contribution < -0.4 is 5.32 Å². The smallest absolute Gasteiger partial charge is 0.0455 e. The first-order valence-corrected chi connectivity index (χ1v) is 7.23. The minimum Gasteiger partial charge on any atom is -0.385 e. The number of hydrogen-bond acceptors (Lipinski definition) is 1. The predicted molar refractivity (Wildman–Crippen MR) is 78.0 cm³/mol.